The third-order valence-corrected chi connectivity index (χ3v) is 6.34. The number of nitrogens with zero attached hydrogens (tertiary/aromatic N) is 2. The summed E-state index contributed by atoms with van der Waals surface area (Å²) >= 11 is 7.59. The van der Waals surface area contributed by atoms with Gasteiger partial charge in [-0.1, -0.05) is 23.7 Å². The van der Waals surface area contributed by atoms with Gasteiger partial charge in [-0.15, -0.1) is 11.8 Å². The van der Waals surface area contributed by atoms with Gasteiger partial charge in [-0.3, -0.25) is 9.59 Å². The van der Waals surface area contributed by atoms with E-state index in [0.29, 0.717) is 23.9 Å². The van der Waals surface area contributed by atoms with E-state index in [0.717, 1.165) is 29.4 Å². The number of rotatable bonds is 8. The maximum absolute atomic E-state index is 12.4. The number of thioether (sulfide) groups is 1. The molecule has 1 fully saturated rings. The fraction of sp³-hybridized carbons (Fsp3) is 0.364. The van der Waals surface area contributed by atoms with Crippen LogP contribution in [0.25, 0.3) is 0 Å². The zero-order valence-corrected chi connectivity index (χ0v) is 18.5. The van der Waals surface area contributed by atoms with E-state index in [1.54, 1.807) is 12.0 Å². The Hall–Kier alpha value is -2.38. The Morgan fingerprint density at radius 3 is 2.40 bits per heavy atom. The van der Waals surface area contributed by atoms with Crippen LogP contribution in [-0.4, -0.2) is 62.4 Å². The zero-order valence-electron chi connectivity index (χ0n) is 16.9. The normalized spacial score (nSPS) is 13.8. The molecule has 8 heteroatoms. The van der Waals surface area contributed by atoms with Crippen LogP contribution in [0.15, 0.2) is 53.4 Å². The number of hydrogen-bond donors (Lipinski definition) is 0. The van der Waals surface area contributed by atoms with Gasteiger partial charge in [0.1, 0.15) is 5.75 Å². The van der Waals surface area contributed by atoms with Crippen molar-refractivity contribution in [3.63, 3.8) is 0 Å². The van der Waals surface area contributed by atoms with Crippen LogP contribution in [0.3, 0.4) is 0 Å². The van der Waals surface area contributed by atoms with Crippen LogP contribution in [0.4, 0.5) is 5.69 Å². The van der Waals surface area contributed by atoms with Gasteiger partial charge in [-0.25, -0.2) is 0 Å². The summed E-state index contributed by atoms with van der Waals surface area (Å²) in [4.78, 5) is 29.2. The Kier molecular flexibility index (Phi) is 8.28. The van der Waals surface area contributed by atoms with E-state index in [1.165, 1.54) is 11.8 Å². The third kappa shape index (κ3) is 6.31. The number of methoxy groups -OCH3 is 1. The summed E-state index contributed by atoms with van der Waals surface area (Å²) in [5.41, 5.74) is 1.10. The van der Waals surface area contributed by atoms with Gasteiger partial charge in [0.25, 0.3) is 5.91 Å². The van der Waals surface area contributed by atoms with Gasteiger partial charge in [0.2, 0.25) is 0 Å². The SMILES string of the molecule is COc1ccc(N2CCN(C(=O)COC(=O)CCSc3ccccc3Cl)CC2)cc1. The fourth-order valence-corrected chi connectivity index (χ4v) is 4.29. The van der Waals surface area contributed by atoms with E-state index in [9.17, 15) is 9.59 Å². The van der Waals surface area contributed by atoms with Crippen molar-refractivity contribution in [1.29, 1.82) is 0 Å². The first-order valence-corrected chi connectivity index (χ1v) is 11.1. The standard InChI is InChI=1S/C22H25ClN2O4S/c1-28-18-8-6-17(7-9-18)24-11-13-25(14-12-24)21(26)16-29-22(27)10-15-30-20-5-3-2-4-19(20)23/h2-9H,10-16H2,1H3. The van der Waals surface area contributed by atoms with E-state index in [1.807, 2.05) is 48.5 Å². The molecule has 1 heterocycles. The van der Waals surface area contributed by atoms with Crippen molar-refractivity contribution in [1.82, 2.24) is 4.90 Å². The van der Waals surface area contributed by atoms with Crippen molar-refractivity contribution >= 4 is 40.9 Å². The maximum Gasteiger partial charge on any atom is 0.307 e. The highest BCUT2D eigenvalue weighted by Crippen LogP contribution is 2.27. The van der Waals surface area contributed by atoms with Crippen molar-refractivity contribution in [3.8, 4) is 5.75 Å². The van der Waals surface area contributed by atoms with Crippen LogP contribution in [0, 0.1) is 0 Å². The molecule has 0 aliphatic carbocycles. The number of piperazine rings is 1. The predicted octanol–water partition coefficient (Wildman–Crippen LogP) is 3.72. The van der Waals surface area contributed by atoms with Crippen LogP contribution in [0.2, 0.25) is 5.02 Å². The Labute approximate surface area is 186 Å². The molecule has 0 spiro atoms. The molecule has 0 N–H and O–H groups in total. The van der Waals surface area contributed by atoms with Crippen molar-refractivity contribution < 1.29 is 19.1 Å². The second kappa shape index (κ2) is 11.1. The number of anilines is 1. The number of hydrogen-bond acceptors (Lipinski definition) is 6. The molecule has 1 saturated heterocycles. The van der Waals surface area contributed by atoms with E-state index < -0.39 is 0 Å². The van der Waals surface area contributed by atoms with Crippen LogP contribution >= 0.6 is 23.4 Å². The summed E-state index contributed by atoms with van der Waals surface area (Å²) in [6.07, 6.45) is 0.231. The molecule has 0 aromatic heterocycles. The number of benzene rings is 2. The lowest BCUT2D eigenvalue weighted by atomic mass is 10.2. The molecule has 1 amide bonds. The molecule has 0 radical (unpaired) electrons. The average molecular weight is 449 g/mol. The van der Waals surface area contributed by atoms with Crippen molar-refractivity contribution in [2.24, 2.45) is 0 Å². The molecule has 0 saturated carbocycles. The summed E-state index contributed by atoms with van der Waals surface area (Å²) in [5.74, 6) is 0.841. The Balaban J connectivity index is 1.35. The molecule has 0 unspecified atom stereocenters. The summed E-state index contributed by atoms with van der Waals surface area (Å²) in [5, 5.41) is 0.667. The van der Waals surface area contributed by atoms with Crippen LogP contribution < -0.4 is 9.64 Å². The van der Waals surface area contributed by atoms with Gasteiger partial charge in [0.15, 0.2) is 6.61 Å². The fourth-order valence-electron chi connectivity index (χ4n) is 3.12. The number of amides is 1. The molecule has 2 aromatic rings. The number of esters is 1. The van der Waals surface area contributed by atoms with E-state index in [-0.39, 0.29) is 24.9 Å². The van der Waals surface area contributed by atoms with Gasteiger partial charge in [-0.2, -0.15) is 0 Å². The largest absolute Gasteiger partial charge is 0.497 e. The average Bonchev–Trinajstić information content (AvgIpc) is 2.79. The molecular weight excluding hydrogens is 424 g/mol. The minimum absolute atomic E-state index is 0.156. The molecular formula is C22H25ClN2O4S. The van der Waals surface area contributed by atoms with Gasteiger partial charge < -0.3 is 19.3 Å². The highest BCUT2D eigenvalue weighted by atomic mass is 35.5. The van der Waals surface area contributed by atoms with Gasteiger partial charge in [0, 0.05) is 42.5 Å². The molecule has 1 aliphatic heterocycles. The van der Waals surface area contributed by atoms with Crippen LogP contribution in [0.5, 0.6) is 5.75 Å². The smallest absolute Gasteiger partial charge is 0.307 e. The highest BCUT2D eigenvalue weighted by Gasteiger charge is 2.22. The van der Waals surface area contributed by atoms with E-state index in [2.05, 4.69) is 4.90 Å². The lowest BCUT2D eigenvalue weighted by molar-refractivity contribution is -0.151. The molecule has 160 valence electrons. The molecule has 2 aromatic carbocycles. The number of carbonyl (C=O) groups excluding carboxylic acids is 2. The highest BCUT2D eigenvalue weighted by molar-refractivity contribution is 7.99. The number of carbonyl (C=O) groups is 2. The molecule has 0 bridgehead atoms. The maximum atomic E-state index is 12.4. The van der Waals surface area contributed by atoms with E-state index in [4.69, 9.17) is 21.1 Å². The molecule has 3 rings (SSSR count). The Morgan fingerprint density at radius 1 is 1.03 bits per heavy atom. The van der Waals surface area contributed by atoms with Gasteiger partial charge >= 0.3 is 5.97 Å². The molecule has 6 nitrogen and oxygen atoms in total. The molecule has 30 heavy (non-hydrogen) atoms. The lowest BCUT2D eigenvalue weighted by Crippen LogP contribution is -2.49. The first kappa shape index (κ1) is 22.3. The Bertz CT molecular complexity index is 854. The van der Waals surface area contributed by atoms with Crippen molar-refractivity contribution in [2.45, 2.75) is 11.3 Å². The zero-order chi connectivity index (χ0) is 21.3. The van der Waals surface area contributed by atoms with Crippen LogP contribution in [0.1, 0.15) is 6.42 Å². The first-order valence-electron chi connectivity index (χ1n) is 9.76. The van der Waals surface area contributed by atoms with Crippen molar-refractivity contribution in [3.05, 3.63) is 53.6 Å². The third-order valence-electron chi connectivity index (χ3n) is 4.83. The summed E-state index contributed by atoms with van der Waals surface area (Å²) in [6, 6.07) is 15.4. The monoisotopic (exact) mass is 448 g/mol. The predicted molar refractivity (Wildman–Crippen MR) is 120 cm³/mol. The lowest BCUT2D eigenvalue weighted by Gasteiger charge is -2.36. The minimum atomic E-state index is -0.375. The number of halogens is 1. The second-order valence-corrected chi connectivity index (χ2v) is 8.30. The Morgan fingerprint density at radius 2 is 1.73 bits per heavy atom. The summed E-state index contributed by atoms with van der Waals surface area (Å²) < 4.78 is 10.3. The first-order chi connectivity index (χ1) is 14.6. The summed E-state index contributed by atoms with van der Waals surface area (Å²) in [6.45, 7) is 2.47. The topological polar surface area (TPSA) is 59.1 Å². The van der Waals surface area contributed by atoms with Crippen molar-refractivity contribution in [2.75, 3.05) is 50.5 Å². The van der Waals surface area contributed by atoms with Gasteiger partial charge in [-0.05, 0) is 36.4 Å². The van der Waals surface area contributed by atoms with E-state index >= 15 is 0 Å². The number of ether oxygens (including phenoxy) is 2. The minimum Gasteiger partial charge on any atom is -0.497 e. The molecule has 0 atom stereocenters. The quantitative estimate of drug-likeness (QED) is 0.453. The van der Waals surface area contributed by atoms with Crippen LogP contribution in [-0.2, 0) is 14.3 Å². The van der Waals surface area contributed by atoms with Gasteiger partial charge in [0.05, 0.1) is 18.6 Å². The molecule has 1 aliphatic rings. The second-order valence-electron chi connectivity index (χ2n) is 6.76. The summed E-state index contributed by atoms with van der Waals surface area (Å²) in [7, 11) is 1.64.